The number of benzene rings is 3. The Bertz CT molecular complexity index is 1010. The molecule has 0 heterocycles. The van der Waals surface area contributed by atoms with Gasteiger partial charge in [-0.15, -0.1) is 0 Å². The molecule has 3 rings (SSSR count). The Labute approximate surface area is 236 Å². The van der Waals surface area contributed by atoms with Crippen molar-refractivity contribution in [1.29, 1.82) is 0 Å². The molecule has 0 saturated heterocycles. The first-order valence-corrected chi connectivity index (χ1v) is 12.6. The number of carbonyl (C=O) groups is 1. The van der Waals surface area contributed by atoms with Crippen LogP contribution in [-0.2, 0) is 21.0 Å². The highest BCUT2D eigenvalue weighted by molar-refractivity contribution is 5.73. The Balaban J connectivity index is 0.000000515. The van der Waals surface area contributed by atoms with Crippen LogP contribution in [0.1, 0.15) is 79.0 Å². The summed E-state index contributed by atoms with van der Waals surface area (Å²) in [4.78, 5) is 8.90. The van der Waals surface area contributed by atoms with Crippen LogP contribution in [0, 0.1) is 0 Å². The van der Waals surface area contributed by atoms with Gasteiger partial charge < -0.3 is 20.4 Å². The molecule has 0 aliphatic rings. The van der Waals surface area contributed by atoms with Crippen molar-refractivity contribution < 1.29 is 38.4 Å². The molecule has 3 aromatic rings. The topological polar surface area (TPSA) is 98.0 Å². The summed E-state index contributed by atoms with van der Waals surface area (Å²) in [7, 11) is 0. The zero-order valence-corrected chi connectivity index (χ0v) is 24.8. The Morgan fingerprint density at radius 3 is 0.725 bits per heavy atom. The van der Waals surface area contributed by atoms with E-state index in [1.54, 1.807) is 36.4 Å². The minimum Gasteiger partial charge on any atom is -0.508 e. The third-order valence-electron chi connectivity index (χ3n) is 5.44. The molecule has 0 bridgehead atoms. The van der Waals surface area contributed by atoms with Gasteiger partial charge in [0.1, 0.15) is 17.2 Å². The van der Waals surface area contributed by atoms with E-state index in [2.05, 4.69) is 62.3 Å². The zero-order chi connectivity index (χ0) is 31.5. The number of hydrogen-bond donors (Lipinski definition) is 4. The largest absolute Gasteiger partial charge is 0.508 e. The lowest BCUT2D eigenvalue weighted by molar-refractivity contribution is -0.192. The molecule has 40 heavy (non-hydrogen) atoms. The van der Waals surface area contributed by atoms with Crippen LogP contribution in [-0.4, -0.2) is 32.6 Å². The van der Waals surface area contributed by atoms with Crippen LogP contribution >= 0.6 is 0 Å². The quantitative estimate of drug-likeness (QED) is 0.219. The summed E-state index contributed by atoms with van der Waals surface area (Å²) < 4.78 is 31.7. The minimum absolute atomic E-state index is 0.174. The van der Waals surface area contributed by atoms with Crippen molar-refractivity contribution in [3.8, 4) is 17.2 Å². The molecule has 0 saturated carbocycles. The number of alkyl halides is 3. The first-order chi connectivity index (χ1) is 17.9. The molecule has 222 valence electrons. The molecular formula is C32H43F3O5. The summed E-state index contributed by atoms with van der Waals surface area (Å²) in [6.45, 7) is 19.4. The molecule has 0 aliphatic heterocycles. The van der Waals surface area contributed by atoms with Gasteiger partial charge in [-0.3, -0.25) is 0 Å². The van der Waals surface area contributed by atoms with Crippen molar-refractivity contribution in [3.05, 3.63) is 89.5 Å². The monoisotopic (exact) mass is 564 g/mol. The predicted molar refractivity (Wildman–Crippen MR) is 154 cm³/mol. The maximum Gasteiger partial charge on any atom is 0.490 e. The van der Waals surface area contributed by atoms with Gasteiger partial charge in [-0.1, -0.05) is 98.7 Å². The first-order valence-electron chi connectivity index (χ1n) is 12.6. The van der Waals surface area contributed by atoms with Crippen molar-refractivity contribution in [3.63, 3.8) is 0 Å². The molecule has 0 radical (unpaired) electrons. The molecule has 3 aromatic carbocycles. The van der Waals surface area contributed by atoms with E-state index in [0.717, 1.165) is 0 Å². The highest BCUT2D eigenvalue weighted by Gasteiger charge is 2.38. The average molecular weight is 565 g/mol. The van der Waals surface area contributed by atoms with E-state index in [1.807, 2.05) is 36.4 Å². The molecule has 4 N–H and O–H groups in total. The van der Waals surface area contributed by atoms with Gasteiger partial charge in [0.25, 0.3) is 0 Å². The molecule has 5 nitrogen and oxygen atoms in total. The maximum atomic E-state index is 10.6. The number of phenolic OH excluding ortho intramolecular Hbond substituents is 3. The average Bonchev–Trinajstić information content (AvgIpc) is 2.79. The second kappa shape index (κ2) is 14.6. The molecule has 0 amide bonds. The fraction of sp³-hybridized carbons (Fsp3) is 0.406. The molecule has 0 unspecified atom stereocenters. The van der Waals surface area contributed by atoms with E-state index in [0.29, 0.717) is 17.2 Å². The number of aliphatic carboxylic acids is 1. The van der Waals surface area contributed by atoms with E-state index in [4.69, 9.17) is 25.2 Å². The molecule has 0 fully saturated rings. The standard InChI is InChI=1S/3C10H14O.C2HF3O2/c3*1-10(2,3)8-4-6-9(11)7-5-8;3-2(4,5)1(6)7/h3*4-7,11H,1-3H3;(H,6,7). The molecule has 0 atom stereocenters. The molecular weight excluding hydrogens is 521 g/mol. The van der Waals surface area contributed by atoms with Gasteiger partial charge in [0, 0.05) is 0 Å². The number of halogens is 3. The van der Waals surface area contributed by atoms with Crippen LogP contribution in [0.5, 0.6) is 17.2 Å². The van der Waals surface area contributed by atoms with E-state index in [9.17, 15) is 13.2 Å². The van der Waals surface area contributed by atoms with Crippen LogP contribution in [0.4, 0.5) is 13.2 Å². The summed E-state index contributed by atoms with van der Waals surface area (Å²) in [6.07, 6.45) is -5.08. The fourth-order valence-electron chi connectivity index (χ4n) is 2.88. The van der Waals surface area contributed by atoms with Gasteiger partial charge in [-0.2, -0.15) is 13.2 Å². The second-order valence-electron chi connectivity index (χ2n) is 12.2. The normalized spacial score (nSPS) is 11.5. The lowest BCUT2D eigenvalue weighted by Gasteiger charge is -2.18. The summed E-state index contributed by atoms with van der Waals surface area (Å²) in [6, 6.07) is 22.1. The van der Waals surface area contributed by atoms with Crippen LogP contribution < -0.4 is 0 Å². The number of phenols is 3. The van der Waals surface area contributed by atoms with E-state index < -0.39 is 12.1 Å². The number of hydrogen-bond acceptors (Lipinski definition) is 4. The molecule has 0 aliphatic carbocycles. The number of aromatic hydroxyl groups is 3. The van der Waals surface area contributed by atoms with Crippen molar-refractivity contribution in [1.82, 2.24) is 0 Å². The zero-order valence-electron chi connectivity index (χ0n) is 24.8. The lowest BCUT2D eigenvalue weighted by Crippen LogP contribution is -2.21. The van der Waals surface area contributed by atoms with Crippen molar-refractivity contribution in [2.45, 2.75) is 84.7 Å². The van der Waals surface area contributed by atoms with Gasteiger partial charge in [-0.05, 0) is 69.3 Å². The Morgan fingerprint density at radius 2 is 0.625 bits per heavy atom. The smallest absolute Gasteiger partial charge is 0.490 e. The number of rotatable bonds is 0. The van der Waals surface area contributed by atoms with Gasteiger partial charge in [0.2, 0.25) is 0 Å². The predicted octanol–water partition coefficient (Wildman–Crippen LogP) is 8.70. The lowest BCUT2D eigenvalue weighted by atomic mass is 9.87. The SMILES string of the molecule is CC(C)(C)c1ccc(O)cc1.CC(C)(C)c1ccc(O)cc1.CC(C)(C)c1ccc(O)cc1.O=C(O)C(F)(F)F. The second-order valence-corrected chi connectivity index (χ2v) is 12.2. The third kappa shape index (κ3) is 15.0. The van der Waals surface area contributed by atoms with Gasteiger partial charge in [0.05, 0.1) is 0 Å². The Morgan fingerprint density at radius 1 is 0.475 bits per heavy atom. The van der Waals surface area contributed by atoms with E-state index in [1.165, 1.54) is 16.7 Å². The highest BCUT2D eigenvalue weighted by atomic mass is 19.4. The van der Waals surface area contributed by atoms with Crippen LogP contribution in [0.3, 0.4) is 0 Å². The summed E-state index contributed by atoms with van der Waals surface area (Å²) >= 11 is 0. The Kier molecular flexibility index (Phi) is 13.3. The van der Waals surface area contributed by atoms with Crippen LogP contribution in [0.15, 0.2) is 72.8 Å². The van der Waals surface area contributed by atoms with Gasteiger partial charge in [0.15, 0.2) is 0 Å². The third-order valence-corrected chi connectivity index (χ3v) is 5.44. The van der Waals surface area contributed by atoms with E-state index in [-0.39, 0.29) is 16.2 Å². The van der Waals surface area contributed by atoms with E-state index >= 15 is 0 Å². The van der Waals surface area contributed by atoms with Crippen LogP contribution in [0.25, 0.3) is 0 Å². The molecule has 0 spiro atoms. The highest BCUT2D eigenvalue weighted by Crippen LogP contribution is 2.25. The van der Waals surface area contributed by atoms with Crippen LogP contribution in [0.2, 0.25) is 0 Å². The Hall–Kier alpha value is -3.68. The van der Waals surface area contributed by atoms with Crippen molar-refractivity contribution in [2.75, 3.05) is 0 Å². The summed E-state index contributed by atoms with van der Waals surface area (Å²) in [5.41, 5.74) is 4.26. The summed E-state index contributed by atoms with van der Waals surface area (Å²) in [5.74, 6) is -1.76. The first kappa shape index (κ1) is 36.3. The maximum absolute atomic E-state index is 10.6. The fourth-order valence-corrected chi connectivity index (χ4v) is 2.88. The molecule has 8 heteroatoms. The minimum atomic E-state index is -5.08. The number of carboxylic acids is 1. The molecule has 0 aromatic heterocycles. The van der Waals surface area contributed by atoms with Gasteiger partial charge in [-0.25, -0.2) is 4.79 Å². The summed E-state index contributed by atoms with van der Waals surface area (Å²) in [5, 5.41) is 34.2. The van der Waals surface area contributed by atoms with Crippen molar-refractivity contribution in [2.24, 2.45) is 0 Å². The number of carboxylic acid groups (broad SMARTS) is 1. The van der Waals surface area contributed by atoms with Gasteiger partial charge >= 0.3 is 12.1 Å². The van der Waals surface area contributed by atoms with Crippen molar-refractivity contribution >= 4 is 5.97 Å².